The number of hydrogen-bond acceptors (Lipinski definition) is 3. The standard InChI is InChI=1S/C15H13ClN2O3/c1-9-7-10(16)5-6-13(9)18-15(21)14(20)17-11-3-2-4-12(19)8-11/h2-8,19H,1H3,(H,17,20)(H,18,21). The predicted molar refractivity (Wildman–Crippen MR) is 81.6 cm³/mol. The van der Waals surface area contributed by atoms with Gasteiger partial charge in [0, 0.05) is 22.5 Å². The molecule has 0 aliphatic heterocycles. The number of carbonyl (C=O) groups is 2. The molecule has 2 amide bonds. The number of amides is 2. The summed E-state index contributed by atoms with van der Waals surface area (Å²) in [4.78, 5) is 23.6. The Bertz CT molecular complexity index is 701. The Morgan fingerprint density at radius 1 is 1.05 bits per heavy atom. The fourth-order valence-electron chi connectivity index (χ4n) is 1.72. The average Bonchev–Trinajstić information content (AvgIpc) is 2.41. The lowest BCUT2D eigenvalue weighted by molar-refractivity contribution is -0.133. The highest BCUT2D eigenvalue weighted by molar-refractivity contribution is 6.43. The molecule has 0 unspecified atom stereocenters. The lowest BCUT2D eigenvalue weighted by atomic mass is 10.2. The minimum absolute atomic E-state index is 0.00162. The van der Waals surface area contributed by atoms with Crippen molar-refractivity contribution in [2.24, 2.45) is 0 Å². The van der Waals surface area contributed by atoms with Crippen molar-refractivity contribution in [1.82, 2.24) is 0 Å². The first-order valence-corrected chi connectivity index (χ1v) is 6.51. The number of phenols is 1. The molecular formula is C15H13ClN2O3. The first-order chi connectivity index (χ1) is 9.95. The van der Waals surface area contributed by atoms with E-state index in [2.05, 4.69) is 10.6 Å². The van der Waals surface area contributed by atoms with Gasteiger partial charge in [-0.2, -0.15) is 0 Å². The number of rotatable bonds is 2. The SMILES string of the molecule is Cc1cc(Cl)ccc1NC(=O)C(=O)Nc1cccc(O)c1. The van der Waals surface area contributed by atoms with Crippen LogP contribution in [0.3, 0.4) is 0 Å². The molecule has 0 atom stereocenters. The van der Waals surface area contributed by atoms with E-state index in [1.54, 1.807) is 37.3 Å². The van der Waals surface area contributed by atoms with Crippen LogP contribution in [0.4, 0.5) is 11.4 Å². The average molecular weight is 305 g/mol. The lowest BCUT2D eigenvalue weighted by Crippen LogP contribution is -2.29. The van der Waals surface area contributed by atoms with E-state index >= 15 is 0 Å². The summed E-state index contributed by atoms with van der Waals surface area (Å²) in [6.07, 6.45) is 0. The summed E-state index contributed by atoms with van der Waals surface area (Å²) in [5.74, 6) is -1.62. The number of aromatic hydroxyl groups is 1. The molecule has 21 heavy (non-hydrogen) atoms. The number of hydrogen-bond donors (Lipinski definition) is 3. The first-order valence-electron chi connectivity index (χ1n) is 6.13. The second-order valence-corrected chi connectivity index (χ2v) is 4.85. The molecule has 5 nitrogen and oxygen atoms in total. The maximum atomic E-state index is 11.8. The molecule has 2 aromatic carbocycles. The largest absolute Gasteiger partial charge is 0.508 e. The molecule has 0 saturated heterocycles. The van der Waals surface area contributed by atoms with Crippen LogP contribution in [0.2, 0.25) is 5.02 Å². The van der Waals surface area contributed by atoms with Crippen molar-refractivity contribution in [3.05, 3.63) is 53.1 Å². The Morgan fingerprint density at radius 3 is 2.43 bits per heavy atom. The van der Waals surface area contributed by atoms with Gasteiger partial charge < -0.3 is 15.7 Å². The van der Waals surface area contributed by atoms with Gasteiger partial charge in [-0.05, 0) is 42.8 Å². The number of benzene rings is 2. The molecule has 0 saturated carbocycles. The number of halogens is 1. The van der Waals surface area contributed by atoms with Crippen LogP contribution in [0, 0.1) is 6.92 Å². The minimum Gasteiger partial charge on any atom is -0.508 e. The molecule has 0 radical (unpaired) electrons. The second kappa shape index (κ2) is 6.28. The third kappa shape index (κ3) is 3.97. The van der Waals surface area contributed by atoms with E-state index in [4.69, 9.17) is 11.6 Å². The molecular weight excluding hydrogens is 292 g/mol. The van der Waals surface area contributed by atoms with Crippen LogP contribution in [0.15, 0.2) is 42.5 Å². The van der Waals surface area contributed by atoms with E-state index in [1.165, 1.54) is 12.1 Å². The van der Waals surface area contributed by atoms with E-state index in [-0.39, 0.29) is 5.75 Å². The van der Waals surface area contributed by atoms with Crippen molar-refractivity contribution in [2.45, 2.75) is 6.92 Å². The van der Waals surface area contributed by atoms with Crippen molar-refractivity contribution in [3.8, 4) is 5.75 Å². The van der Waals surface area contributed by atoms with Crippen LogP contribution in [0.5, 0.6) is 5.75 Å². The highest BCUT2D eigenvalue weighted by Gasteiger charge is 2.15. The van der Waals surface area contributed by atoms with Crippen molar-refractivity contribution < 1.29 is 14.7 Å². The third-order valence-corrected chi connectivity index (χ3v) is 2.98. The summed E-state index contributed by atoms with van der Waals surface area (Å²) >= 11 is 5.82. The second-order valence-electron chi connectivity index (χ2n) is 4.42. The van der Waals surface area contributed by atoms with Crippen molar-refractivity contribution in [1.29, 1.82) is 0 Å². The van der Waals surface area contributed by atoms with E-state index in [9.17, 15) is 14.7 Å². The number of aryl methyl sites for hydroxylation is 1. The van der Waals surface area contributed by atoms with E-state index in [1.807, 2.05) is 0 Å². The van der Waals surface area contributed by atoms with Gasteiger partial charge in [-0.15, -0.1) is 0 Å². The fraction of sp³-hybridized carbons (Fsp3) is 0.0667. The molecule has 108 valence electrons. The number of carbonyl (C=O) groups excluding carboxylic acids is 2. The zero-order valence-corrected chi connectivity index (χ0v) is 11.9. The molecule has 0 aliphatic rings. The van der Waals surface area contributed by atoms with Crippen molar-refractivity contribution in [2.75, 3.05) is 10.6 Å². The molecule has 0 aliphatic carbocycles. The van der Waals surface area contributed by atoms with E-state index < -0.39 is 11.8 Å². The summed E-state index contributed by atoms with van der Waals surface area (Å²) in [7, 11) is 0. The molecule has 6 heteroatoms. The molecule has 2 rings (SSSR count). The van der Waals surface area contributed by atoms with Crippen LogP contribution in [-0.2, 0) is 9.59 Å². The zero-order valence-electron chi connectivity index (χ0n) is 11.2. The van der Waals surface area contributed by atoms with Gasteiger partial charge >= 0.3 is 11.8 Å². The highest BCUT2D eigenvalue weighted by atomic mass is 35.5. The first kappa shape index (κ1) is 14.9. The Hall–Kier alpha value is -2.53. The quantitative estimate of drug-likeness (QED) is 0.746. The Kier molecular flexibility index (Phi) is 4.45. The molecule has 0 bridgehead atoms. The Balaban J connectivity index is 2.04. The van der Waals surface area contributed by atoms with Crippen molar-refractivity contribution in [3.63, 3.8) is 0 Å². The minimum atomic E-state index is -0.824. The van der Waals surface area contributed by atoms with Gasteiger partial charge in [0.05, 0.1) is 0 Å². The van der Waals surface area contributed by atoms with Gasteiger partial charge in [0.2, 0.25) is 0 Å². The topological polar surface area (TPSA) is 78.4 Å². The highest BCUT2D eigenvalue weighted by Crippen LogP contribution is 2.20. The summed E-state index contributed by atoms with van der Waals surface area (Å²) in [6.45, 7) is 1.77. The zero-order chi connectivity index (χ0) is 15.4. The number of phenolic OH excluding ortho intramolecular Hbond substituents is 1. The monoisotopic (exact) mass is 304 g/mol. The maximum Gasteiger partial charge on any atom is 0.314 e. The number of nitrogens with one attached hydrogen (secondary N) is 2. The normalized spacial score (nSPS) is 10.0. The van der Waals surface area contributed by atoms with Crippen molar-refractivity contribution >= 4 is 34.8 Å². The third-order valence-electron chi connectivity index (χ3n) is 2.75. The molecule has 2 aromatic rings. The van der Waals surface area contributed by atoms with Gasteiger partial charge in [-0.25, -0.2) is 0 Å². The molecule has 3 N–H and O–H groups in total. The smallest absolute Gasteiger partial charge is 0.314 e. The Morgan fingerprint density at radius 2 is 1.76 bits per heavy atom. The molecule has 0 heterocycles. The van der Waals surface area contributed by atoms with Gasteiger partial charge in [-0.3, -0.25) is 9.59 Å². The van der Waals surface area contributed by atoms with Gasteiger partial charge in [0.1, 0.15) is 5.75 Å². The summed E-state index contributed by atoms with van der Waals surface area (Å²) in [5.41, 5.74) is 1.60. The van der Waals surface area contributed by atoms with Crippen LogP contribution in [0.1, 0.15) is 5.56 Å². The molecule has 0 fully saturated rings. The summed E-state index contributed by atoms with van der Waals surface area (Å²) in [5, 5.41) is 14.7. The molecule has 0 spiro atoms. The maximum absolute atomic E-state index is 11.8. The van der Waals surface area contributed by atoms with E-state index in [0.717, 1.165) is 5.56 Å². The van der Waals surface area contributed by atoms with Crippen LogP contribution >= 0.6 is 11.6 Å². The predicted octanol–water partition coefficient (Wildman–Crippen LogP) is 2.93. The van der Waals surface area contributed by atoms with Gasteiger partial charge in [0.15, 0.2) is 0 Å². The fourth-order valence-corrected chi connectivity index (χ4v) is 1.94. The summed E-state index contributed by atoms with van der Waals surface area (Å²) in [6, 6.07) is 10.9. The van der Waals surface area contributed by atoms with Gasteiger partial charge in [0.25, 0.3) is 0 Å². The van der Waals surface area contributed by atoms with E-state index in [0.29, 0.717) is 16.4 Å². The van der Waals surface area contributed by atoms with Crippen LogP contribution in [0.25, 0.3) is 0 Å². The number of anilines is 2. The van der Waals surface area contributed by atoms with Crippen LogP contribution in [-0.4, -0.2) is 16.9 Å². The summed E-state index contributed by atoms with van der Waals surface area (Å²) < 4.78 is 0. The van der Waals surface area contributed by atoms with Crippen LogP contribution < -0.4 is 10.6 Å². The lowest BCUT2D eigenvalue weighted by Gasteiger charge is -2.09. The molecule has 0 aromatic heterocycles. The Labute approximate surface area is 126 Å². The van der Waals surface area contributed by atoms with Gasteiger partial charge in [-0.1, -0.05) is 17.7 Å².